The Bertz CT molecular complexity index is 955. The zero-order valence-corrected chi connectivity index (χ0v) is 15.1. The largest absolute Gasteiger partial charge is 0.496 e. The minimum Gasteiger partial charge on any atom is -0.496 e. The van der Waals surface area contributed by atoms with Gasteiger partial charge in [0.05, 0.1) is 7.11 Å². The van der Waals surface area contributed by atoms with Crippen LogP contribution in [-0.2, 0) is 12.8 Å². The second-order valence-electron chi connectivity index (χ2n) is 6.83. The van der Waals surface area contributed by atoms with Gasteiger partial charge >= 0.3 is 0 Å². The topological polar surface area (TPSA) is 46.3 Å². The van der Waals surface area contributed by atoms with E-state index in [0.29, 0.717) is 24.5 Å². The molecule has 0 amide bonds. The van der Waals surface area contributed by atoms with Crippen molar-refractivity contribution in [1.29, 1.82) is 0 Å². The van der Waals surface area contributed by atoms with Gasteiger partial charge in [-0.05, 0) is 61.7 Å². The van der Waals surface area contributed by atoms with Crippen molar-refractivity contribution < 1.29 is 18.3 Å². The van der Waals surface area contributed by atoms with Crippen molar-refractivity contribution in [1.82, 2.24) is 10.3 Å². The first-order chi connectivity index (χ1) is 13.2. The van der Waals surface area contributed by atoms with Crippen LogP contribution in [0.25, 0.3) is 10.9 Å². The van der Waals surface area contributed by atoms with Gasteiger partial charge in [0.25, 0.3) is 0 Å². The first kappa shape index (κ1) is 17.8. The normalized spacial score (nSPS) is 16.2. The summed E-state index contributed by atoms with van der Waals surface area (Å²) in [6.07, 6.45) is 4.36. The van der Waals surface area contributed by atoms with Crippen LogP contribution in [0.3, 0.4) is 0 Å². The molecule has 0 bridgehead atoms. The van der Waals surface area contributed by atoms with E-state index in [1.807, 2.05) is 6.20 Å². The smallest absolute Gasteiger partial charge is 0.165 e. The molecular formula is C21H22F2N2O2. The van der Waals surface area contributed by atoms with E-state index < -0.39 is 0 Å². The molecule has 2 heterocycles. The Morgan fingerprint density at radius 3 is 3.00 bits per heavy atom. The molecule has 0 radical (unpaired) electrons. The highest BCUT2D eigenvalue weighted by Crippen LogP contribution is 2.35. The maximum Gasteiger partial charge on any atom is 0.165 e. The Hall–Kier alpha value is -2.60. The molecule has 0 saturated carbocycles. The Balaban J connectivity index is 1.34. The number of ether oxygens (including phenoxy) is 2. The first-order valence-electron chi connectivity index (χ1n) is 9.13. The number of aryl methyl sites for hydroxylation is 1. The lowest BCUT2D eigenvalue weighted by atomic mass is 10.0. The number of fused-ring (bicyclic) bond motifs is 2. The van der Waals surface area contributed by atoms with E-state index in [2.05, 4.69) is 10.3 Å². The summed E-state index contributed by atoms with van der Waals surface area (Å²) in [5.74, 6) is 0.378. The number of rotatable bonds is 6. The van der Waals surface area contributed by atoms with E-state index in [1.165, 1.54) is 12.1 Å². The second-order valence-corrected chi connectivity index (χ2v) is 6.83. The standard InChI is InChI=1S/C21H22F2N2O2/c1-26-20-7-5-18(23)21-17(20)10-15(12-27-21)24-8-2-3-13-11-25-19-6-4-14(22)9-16(13)19/h4-7,9,11,15,24-25H,2-3,8,10,12H2,1H3/t15-/m0/s1. The third kappa shape index (κ3) is 3.62. The number of H-pyrrole nitrogens is 1. The van der Waals surface area contributed by atoms with Gasteiger partial charge in [0.15, 0.2) is 11.6 Å². The number of methoxy groups -OCH3 is 1. The SMILES string of the molecule is COc1ccc(F)c2c1C[C@H](NCCCc1c[nH]c3ccc(F)cc13)CO2. The molecule has 0 unspecified atom stereocenters. The van der Waals surface area contributed by atoms with Gasteiger partial charge in [0.1, 0.15) is 18.2 Å². The van der Waals surface area contributed by atoms with Crippen molar-refractivity contribution in [2.45, 2.75) is 25.3 Å². The molecule has 142 valence electrons. The lowest BCUT2D eigenvalue weighted by Crippen LogP contribution is -2.40. The molecule has 1 aliphatic heterocycles. The fourth-order valence-electron chi connectivity index (χ4n) is 3.68. The fourth-order valence-corrected chi connectivity index (χ4v) is 3.68. The van der Waals surface area contributed by atoms with Crippen LogP contribution in [0.5, 0.6) is 11.5 Å². The van der Waals surface area contributed by atoms with Crippen LogP contribution in [0, 0.1) is 11.6 Å². The van der Waals surface area contributed by atoms with Crippen LogP contribution in [0.1, 0.15) is 17.5 Å². The quantitative estimate of drug-likeness (QED) is 0.644. The molecule has 0 fully saturated rings. The molecule has 6 heteroatoms. The summed E-state index contributed by atoms with van der Waals surface area (Å²) in [5.41, 5.74) is 2.83. The zero-order valence-electron chi connectivity index (χ0n) is 15.1. The van der Waals surface area contributed by atoms with Gasteiger partial charge in [-0.1, -0.05) is 0 Å². The maximum absolute atomic E-state index is 13.9. The fraction of sp³-hybridized carbons (Fsp3) is 0.333. The third-order valence-corrected chi connectivity index (χ3v) is 5.05. The van der Waals surface area contributed by atoms with Crippen molar-refractivity contribution in [3.05, 3.63) is 59.3 Å². The Labute approximate surface area is 156 Å². The highest BCUT2D eigenvalue weighted by Gasteiger charge is 2.25. The van der Waals surface area contributed by atoms with Gasteiger partial charge in [-0.25, -0.2) is 8.78 Å². The molecule has 3 aromatic rings. The zero-order chi connectivity index (χ0) is 18.8. The predicted octanol–water partition coefficient (Wildman–Crippen LogP) is 3.98. The Morgan fingerprint density at radius 2 is 2.15 bits per heavy atom. The van der Waals surface area contributed by atoms with Gasteiger partial charge in [-0.3, -0.25) is 0 Å². The van der Waals surface area contributed by atoms with Crippen molar-refractivity contribution in [3.8, 4) is 11.5 Å². The number of aromatic nitrogens is 1. The van der Waals surface area contributed by atoms with Crippen LogP contribution in [0.4, 0.5) is 8.78 Å². The number of benzene rings is 2. The average Bonchev–Trinajstić information content (AvgIpc) is 3.07. The molecule has 0 saturated heterocycles. The van der Waals surface area contributed by atoms with Gasteiger partial charge in [-0.15, -0.1) is 0 Å². The molecule has 0 spiro atoms. The highest BCUT2D eigenvalue weighted by atomic mass is 19.1. The van der Waals surface area contributed by atoms with E-state index in [1.54, 1.807) is 25.3 Å². The van der Waals surface area contributed by atoms with E-state index in [0.717, 1.165) is 41.4 Å². The number of nitrogens with one attached hydrogen (secondary N) is 2. The highest BCUT2D eigenvalue weighted by molar-refractivity contribution is 5.83. The van der Waals surface area contributed by atoms with Gasteiger partial charge < -0.3 is 19.8 Å². The third-order valence-electron chi connectivity index (χ3n) is 5.05. The van der Waals surface area contributed by atoms with E-state index >= 15 is 0 Å². The summed E-state index contributed by atoms with van der Waals surface area (Å²) in [5, 5.41) is 4.40. The first-order valence-corrected chi connectivity index (χ1v) is 9.13. The van der Waals surface area contributed by atoms with Crippen LogP contribution in [-0.4, -0.2) is 31.3 Å². The monoisotopic (exact) mass is 372 g/mol. The summed E-state index contributed by atoms with van der Waals surface area (Å²) in [6.45, 7) is 1.22. The maximum atomic E-state index is 13.9. The number of aromatic amines is 1. The molecule has 4 nitrogen and oxygen atoms in total. The number of hydrogen-bond donors (Lipinski definition) is 2. The second kappa shape index (κ2) is 7.56. The van der Waals surface area contributed by atoms with Crippen LogP contribution in [0.15, 0.2) is 36.5 Å². The summed E-state index contributed by atoms with van der Waals surface area (Å²) in [4.78, 5) is 3.18. The van der Waals surface area contributed by atoms with Gasteiger partial charge in [0, 0.05) is 28.7 Å². The van der Waals surface area contributed by atoms with Crippen molar-refractivity contribution in [3.63, 3.8) is 0 Å². The molecule has 1 aliphatic rings. The summed E-state index contributed by atoms with van der Waals surface area (Å²) >= 11 is 0. The minimum absolute atomic E-state index is 0.105. The van der Waals surface area contributed by atoms with Crippen LogP contribution >= 0.6 is 0 Å². The van der Waals surface area contributed by atoms with Crippen molar-refractivity contribution in [2.24, 2.45) is 0 Å². The molecule has 0 aliphatic carbocycles. The molecule has 4 rings (SSSR count). The lowest BCUT2D eigenvalue weighted by Gasteiger charge is -2.27. The number of hydrogen-bond acceptors (Lipinski definition) is 3. The molecular weight excluding hydrogens is 350 g/mol. The van der Waals surface area contributed by atoms with Crippen LogP contribution < -0.4 is 14.8 Å². The van der Waals surface area contributed by atoms with Gasteiger partial charge in [0.2, 0.25) is 0 Å². The van der Waals surface area contributed by atoms with Crippen LogP contribution in [0.2, 0.25) is 0 Å². The summed E-state index contributed by atoms with van der Waals surface area (Å²) < 4.78 is 38.3. The summed E-state index contributed by atoms with van der Waals surface area (Å²) in [6, 6.07) is 7.90. The molecule has 2 N–H and O–H groups in total. The molecule has 27 heavy (non-hydrogen) atoms. The van der Waals surface area contributed by atoms with Gasteiger partial charge in [-0.2, -0.15) is 0 Å². The summed E-state index contributed by atoms with van der Waals surface area (Å²) in [7, 11) is 1.58. The molecule has 1 aromatic heterocycles. The molecule has 2 aromatic carbocycles. The molecule has 1 atom stereocenters. The van der Waals surface area contributed by atoms with E-state index in [-0.39, 0.29) is 17.7 Å². The lowest BCUT2D eigenvalue weighted by molar-refractivity contribution is 0.224. The predicted molar refractivity (Wildman–Crippen MR) is 101 cm³/mol. The van der Waals surface area contributed by atoms with Crippen molar-refractivity contribution >= 4 is 10.9 Å². The Morgan fingerprint density at radius 1 is 1.26 bits per heavy atom. The average molecular weight is 372 g/mol. The Kier molecular flexibility index (Phi) is 4.99. The van der Waals surface area contributed by atoms with E-state index in [9.17, 15) is 8.78 Å². The minimum atomic E-state index is -0.351. The van der Waals surface area contributed by atoms with E-state index in [4.69, 9.17) is 9.47 Å². The van der Waals surface area contributed by atoms with Crippen molar-refractivity contribution in [2.75, 3.05) is 20.3 Å². The number of halogens is 2.